The topological polar surface area (TPSA) is 65.0 Å². The number of methoxy groups -OCH3 is 2. The molecule has 5 nitrogen and oxygen atoms in total. The van der Waals surface area contributed by atoms with E-state index in [2.05, 4.69) is 6.92 Å². The minimum absolute atomic E-state index is 0.144. The lowest BCUT2D eigenvalue weighted by atomic mass is 10.0. The highest BCUT2D eigenvalue weighted by Crippen LogP contribution is 2.45. The number of aromatic hydroxyl groups is 1. The van der Waals surface area contributed by atoms with E-state index in [1.54, 1.807) is 6.07 Å². The number of phenols is 1. The van der Waals surface area contributed by atoms with Crippen LogP contribution in [0.15, 0.2) is 36.4 Å². The van der Waals surface area contributed by atoms with Crippen molar-refractivity contribution in [3.8, 4) is 23.0 Å². The number of phenolic OH excluding ortho intramolecular Hbond substituents is 1. The number of rotatable bonds is 16. The second-order valence-electron chi connectivity index (χ2n) is 8.11. The van der Waals surface area contributed by atoms with Crippen molar-refractivity contribution in [1.29, 1.82) is 0 Å². The zero-order chi connectivity index (χ0) is 23.2. The molecule has 0 aromatic heterocycles. The van der Waals surface area contributed by atoms with Gasteiger partial charge in [-0.15, -0.1) is 0 Å². The molecular weight excluding hydrogens is 404 g/mol. The number of benzene rings is 2. The van der Waals surface area contributed by atoms with Crippen molar-refractivity contribution in [2.24, 2.45) is 0 Å². The Kier molecular flexibility index (Phi) is 11.5. The summed E-state index contributed by atoms with van der Waals surface area (Å²) < 4.78 is 16.6. The van der Waals surface area contributed by atoms with Gasteiger partial charge in [-0.3, -0.25) is 4.79 Å². The van der Waals surface area contributed by atoms with Crippen molar-refractivity contribution in [2.45, 2.75) is 77.7 Å². The quantitative estimate of drug-likeness (QED) is 0.222. The molecule has 2 rings (SSSR count). The monoisotopic (exact) mass is 442 g/mol. The SMILES string of the molecule is CCCCCCCCCCCC(=O)c1c(OCc2ccccc2)cc(OC)c(OC)c1O. The minimum Gasteiger partial charge on any atom is -0.504 e. The van der Waals surface area contributed by atoms with Crippen LogP contribution in [0.4, 0.5) is 0 Å². The summed E-state index contributed by atoms with van der Waals surface area (Å²) in [6.07, 6.45) is 11.0. The van der Waals surface area contributed by atoms with Crippen LogP contribution in [-0.4, -0.2) is 25.1 Å². The molecule has 1 N–H and O–H groups in total. The third kappa shape index (κ3) is 7.77. The third-order valence-corrected chi connectivity index (χ3v) is 5.63. The molecule has 0 spiro atoms. The molecule has 0 aliphatic rings. The summed E-state index contributed by atoms with van der Waals surface area (Å²) in [6.45, 7) is 2.51. The van der Waals surface area contributed by atoms with Crippen molar-refractivity contribution in [2.75, 3.05) is 14.2 Å². The zero-order valence-electron chi connectivity index (χ0n) is 19.8. The molecule has 0 saturated heterocycles. The van der Waals surface area contributed by atoms with E-state index >= 15 is 0 Å². The average molecular weight is 443 g/mol. The van der Waals surface area contributed by atoms with Gasteiger partial charge in [0.15, 0.2) is 17.3 Å². The van der Waals surface area contributed by atoms with Crippen molar-refractivity contribution < 1.29 is 24.1 Å². The summed E-state index contributed by atoms with van der Waals surface area (Å²) in [4.78, 5) is 13.0. The Morgan fingerprint density at radius 2 is 1.47 bits per heavy atom. The number of ketones is 1. The summed E-state index contributed by atoms with van der Waals surface area (Å²) >= 11 is 0. The van der Waals surface area contributed by atoms with Crippen molar-refractivity contribution >= 4 is 5.78 Å². The predicted molar refractivity (Wildman–Crippen MR) is 128 cm³/mol. The number of hydrogen-bond acceptors (Lipinski definition) is 5. The Morgan fingerprint density at radius 1 is 0.844 bits per heavy atom. The predicted octanol–water partition coefficient (Wildman–Crippen LogP) is 7.09. The molecular formula is C27H38O5. The van der Waals surface area contributed by atoms with E-state index in [9.17, 15) is 9.90 Å². The molecule has 0 radical (unpaired) electrons. The first-order valence-corrected chi connectivity index (χ1v) is 11.8. The highest BCUT2D eigenvalue weighted by atomic mass is 16.5. The van der Waals surface area contributed by atoms with E-state index in [4.69, 9.17) is 14.2 Å². The lowest BCUT2D eigenvalue weighted by Crippen LogP contribution is -2.07. The van der Waals surface area contributed by atoms with Crippen LogP contribution < -0.4 is 14.2 Å². The van der Waals surface area contributed by atoms with E-state index < -0.39 is 0 Å². The van der Waals surface area contributed by atoms with Gasteiger partial charge >= 0.3 is 0 Å². The molecule has 0 fully saturated rings. The second-order valence-corrected chi connectivity index (χ2v) is 8.11. The molecule has 2 aromatic rings. The Morgan fingerprint density at radius 3 is 2.06 bits per heavy atom. The van der Waals surface area contributed by atoms with Crippen LogP contribution in [0.25, 0.3) is 0 Å². The van der Waals surface area contributed by atoms with Gasteiger partial charge in [-0.05, 0) is 12.0 Å². The molecule has 0 heterocycles. The summed E-state index contributed by atoms with van der Waals surface area (Å²) in [5.41, 5.74) is 1.14. The number of unbranched alkanes of at least 4 members (excludes halogenated alkanes) is 8. The molecule has 0 aliphatic carbocycles. The summed E-state index contributed by atoms with van der Waals surface area (Å²) in [5, 5.41) is 10.8. The van der Waals surface area contributed by atoms with E-state index in [1.165, 1.54) is 52.7 Å². The molecule has 0 bridgehead atoms. The van der Waals surface area contributed by atoms with Crippen molar-refractivity contribution in [3.05, 3.63) is 47.5 Å². The molecule has 0 unspecified atom stereocenters. The van der Waals surface area contributed by atoms with Crippen LogP contribution in [0.2, 0.25) is 0 Å². The molecule has 32 heavy (non-hydrogen) atoms. The lowest BCUT2D eigenvalue weighted by Gasteiger charge is -2.17. The van der Waals surface area contributed by atoms with Gasteiger partial charge in [0.1, 0.15) is 17.9 Å². The fourth-order valence-corrected chi connectivity index (χ4v) is 3.79. The standard InChI is InChI=1S/C27H38O5/c1-4-5-6-7-8-9-10-11-15-18-22(28)25-23(32-20-21-16-13-12-14-17-21)19-24(30-2)27(31-3)26(25)29/h12-14,16-17,19,29H,4-11,15,18,20H2,1-3H3. The maximum Gasteiger partial charge on any atom is 0.204 e. The Bertz CT molecular complexity index is 817. The van der Waals surface area contributed by atoms with Crippen LogP contribution in [0, 0.1) is 0 Å². The van der Waals surface area contributed by atoms with Crippen molar-refractivity contribution in [3.63, 3.8) is 0 Å². The number of Topliss-reactive ketones (excluding diaryl/α,β-unsaturated/α-hetero) is 1. The van der Waals surface area contributed by atoms with Gasteiger partial charge in [0.2, 0.25) is 5.75 Å². The summed E-state index contributed by atoms with van der Waals surface area (Å²) in [5.74, 6) is 0.415. The summed E-state index contributed by atoms with van der Waals surface area (Å²) in [7, 11) is 2.93. The average Bonchev–Trinajstić information content (AvgIpc) is 2.81. The minimum atomic E-state index is -0.226. The smallest absolute Gasteiger partial charge is 0.204 e. The fourth-order valence-electron chi connectivity index (χ4n) is 3.79. The van der Waals surface area contributed by atoms with Crippen LogP contribution in [-0.2, 0) is 6.61 Å². The number of ether oxygens (including phenoxy) is 3. The van der Waals surface area contributed by atoms with E-state index in [0.29, 0.717) is 17.9 Å². The molecule has 176 valence electrons. The number of carbonyl (C=O) groups is 1. The molecule has 0 amide bonds. The highest BCUT2D eigenvalue weighted by Gasteiger charge is 2.25. The van der Waals surface area contributed by atoms with Crippen LogP contribution in [0.1, 0.15) is 87.1 Å². The Balaban J connectivity index is 2.01. The van der Waals surface area contributed by atoms with E-state index in [-0.39, 0.29) is 29.5 Å². The highest BCUT2D eigenvalue weighted by molar-refractivity contribution is 6.02. The molecule has 5 heteroatoms. The van der Waals surface area contributed by atoms with Gasteiger partial charge in [0.05, 0.1) is 14.2 Å². The second kappa shape index (κ2) is 14.4. The lowest BCUT2D eigenvalue weighted by molar-refractivity contribution is 0.0971. The number of carbonyl (C=O) groups excluding carboxylic acids is 1. The maximum atomic E-state index is 13.0. The molecule has 0 aliphatic heterocycles. The Hall–Kier alpha value is -2.69. The van der Waals surface area contributed by atoms with Gasteiger partial charge in [0, 0.05) is 12.5 Å². The van der Waals surface area contributed by atoms with Crippen LogP contribution >= 0.6 is 0 Å². The summed E-state index contributed by atoms with van der Waals surface area (Å²) in [6, 6.07) is 11.3. The van der Waals surface area contributed by atoms with Gasteiger partial charge in [-0.25, -0.2) is 0 Å². The van der Waals surface area contributed by atoms with E-state index in [0.717, 1.165) is 24.8 Å². The van der Waals surface area contributed by atoms with Gasteiger partial charge < -0.3 is 19.3 Å². The van der Waals surface area contributed by atoms with Gasteiger partial charge in [-0.2, -0.15) is 0 Å². The first-order chi connectivity index (χ1) is 15.6. The maximum absolute atomic E-state index is 13.0. The van der Waals surface area contributed by atoms with Crippen molar-refractivity contribution in [1.82, 2.24) is 0 Å². The van der Waals surface area contributed by atoms with Crippen LogP contribution in [0.3, 0.4) is 0 Å². The molecule has 2 aromatic carbocycles. The fraction of sp³-hybridized carbons (Fsp3) is 0.519. The molecule has 0 atom stereocenters. The largest absolute Gasteiger partial charge is 0.504 e. The first-order valence-electron chi connectivity index (χ1n) is 11.8. The van der Waals surface area contributed by atoms with E-state index in [1.807, 2.05) is 30.3 Å². The zero-order valence-corrected chi connectivity index (χ0v) is 19.8. The van der Waals surface area contributed by atoms with Gasteiger partial charge in [0.25, 0.3) is 0 Å². The first kappa shape index (κ1) is 25.6. The van der Waals surface area contributed by atoms with Crippen LogP contribution in [0.5, 0.6) is 23.0 Å². The normalized spacial score (nSPS) is 10.7. The molecule has 0 saturated carbocycles. The third-order valence-electron chi connectivity index (χ3n) is 5.63. The van der Waals surface area contributed by atoms with Gasteiger partial charge in [-0.1, -0.05) is 88.6 Å². The number of hydrogen-bond donors (Lipinski definition) is 1. The Labute approximate surface area is 192 Å².